The Bertz CT molecular complexity index is 768. The zero-order chi connectivity index (χ0) is 19.8. The van der Waals surface area contributed by atoms with Crippen molar-refractivity contribution in [2.45, 2.75) is 94.9 Å². The molecule has 5 nitrogen and oxygen atoms in total. The molecule has 29 heavy (non-hydrogen) atoms. The Morgan fingerprint density at radius 3 is 2.55 bits per heavy atom. The van der Waals surface area contributed by atoms with Crippen LogP contribution in [0.2, 0.25) is 0 Å². The highest BCUT2D eigenvalue weighted by molar-refractivity contribution is 6.10. The van der Waals surface area contributed by atoms with Gasteiger partial charge in [-0.2, -0.15) is 0 Å². The summed E-state index contributed by atoms with van der Waals surface area (Å²) in [5.74, 6) is 0.993. The Morgan fingerprint density at radius 2 is 1.86 bits per heavy atom. The third-order valence-electron chi connectivity index (χ3n) is 7.44. The van der Waals surface area contributed by atoms with Gasteiger partial charge in [-0.05, 0) is 51.0 Å². The average Bonchev–Trinajstić information content (AvgIpc) is 3.52. The van der Waals surface area contributed by atoms with Gasteiger partial charge in [0.2, 0.25) is 0 Å². The SMILES string of the molecule is CC1CC2(CCN1Cc1ccccc1)C(=NC1CCCCC1)NC(=O)N2C1CC1. The van der Waals surface area contributed by atoms with Crippen molar-refractivity contribution in [1.29, 1.82) is 0 Å². The summed E-state index contributed by atoms with van der Waals surface area (Å²) in [6.45, 7) is 4.33. The largest absolute Gasteiger partial charge is 0.323 e. The number of piperidine rings is 1. The maximum atomic E-state index is 13.0. The van der Waals surface area contributed by atoms with Crippen molar-refractivity contribution >= 4 is 11.9 Å². The van der Waals surface area contributed by atoms with Crippen LogP contribution in [0.15, 0.2) is 35.3 Å². The van der Waals surface area contributed by atoms with Crippen LogP contribution in [-0.2, 0) is 6.54 Å². The second-order valence-electron chi connectivity index (χ2n) is 9.59. The van der Waals surface area contributed by atoms with Gasteiger partial charge >= 0.3 is 6.03 Å². The molecule has 2 aliphatic heterocycles. The van der Waals surface area contributed by atoms with Gasteiger partial charge in [-0.3, -0.25) is 15.2 Å². The zero-order valence-electron chi connectivity index (χ0n) is 17.6. The van der Waals surface area contributed by atoms with Gasteiger partial charge in [-0.25, -0.2) is 4.79 Å². The Kier molecular flexibility index (Phi) is 5.10. The molecule has 2 heterocycles. The third-order valence-corrected chi connectivity index (χ3v) is 7.44. The van der Waals surface area contributed by atoms with Crippen molar-refractivity contribution in [2.24, 2.45) is 4.99 Å². The first kappa shape index (κ1) is 19.1. The monoisotopic (exact) mass is 394 g/mol. The van der Waals surface area contributed by atoms with Gasteiger partial charge < -0.3 is 4.90 Å². The molecule has 1 N–H and O–H groups in total. The molecule has 1 aromatic carbocycles. The molecular weight excluding hydrogens is 360 g/mol. The number of urea groups is 1. The first-order valence-electron chi connectivity index (χ1n) is 11.6. The second kappa shape index (κ2) is 7.75. The number of rotatable bonds is 4. The molecule has 1 aromatic rings. The van der Waals surface area contributed by atoms with E-state index in [1.165, 1.54) is 37.7 Å². The molecular formula is C24H34N4O. The van der Waals surface area contributed by atoms with E-state index in [1.807, 2.05) is 0 Å². The van der Waals surface area contributed by atoms with Crippen molar-refractivity contribution in [2.75, 3.05) is 6.54 Å². The van der Waals surface area contributed by atoms with Gasteiger partial charge in [0.15, 0.2) is 0 Å². The summed E-state index contributed by atoms with van der Waals surface area (Å²) in [6.07, 6.45) is 10.5. The summed E-state index contributed by atoms with van der Waals surface area (Å²) >= 11 is 0. The van der Waals surface area contributed by atoms with Crippen LogP contribution >= 0.6 is 0 Å². The number of likely N-dealkylation sites (tertiary alicyclic amines) is 1. The van der Waals surface area contributed by atoms with E-state index in [4.69, 9.17) is 4.99 Å². The van der Waals surface area contributed by atoms with Crippen molar-refractivity contribution in [3.05, 3.63) is 35.9 Å². The Balaban J connectivity index is 1.39. The van der Waals surface area contributed by atoms with Crippen LogP contribution in [0.25, 0.3) is 0 Å². The molecule has 2 saturated heterocycles. The first-order chi connectivity index (χ1) is 14.2. The zero-order valence-corrected chi connectivity index (χ0v) is 17.6. The van der Waals surface area contributed by atoms with Crippen LogP contribution in [0.5, 0.6) is 0 Å². The quantitative estimate of drug-likeness (QED) is 0.826. The normalized spacial score (nSPS) is 32.9. The summed E-state index contributed by atoms with van der Waals surface area (Å²) < 4.78 is 0. The van der Waals surface area contributed by atoms with E-state index in [2.05, 4.69) is 52.4 Å². The third kappa shape index (κ3) is 3.70. The number of carbonyl (C=O) groups is 1. The molecule has 0 bridgehead atoms. The summed E-state index contributed by atoms with van der Waals surface area (Å²) in [6, 6.07) is 12.1. The topological polar surface area (TPSA) is 47.9 Å². The molecule has 4 fully saturated rings. The van der Waals surface area contributed by atoms with Crippen LogP contribution in [0, 0.1) is 0 Å². The van der Waals surface area contributed by atoms with Crippen molar-refractivity contribution in [1.82, 2.24) is 15.1 Å². The highest BCUT2D eigenvalue weighted by Gasteiger charge is 2.57. The highest BCUT2D eigenvalue weighted by atomic mass is 16.2. The molecule has 2 aliphatic carbocycles. The summed E-state index contributed by atoms with van der Waals surface area (Å²) in [5, 5.41) is 3.24. The smallest absolute Gasteiger partial charge is 0.309 e. The number of aliphatic imine (C=N–C) groups is 1. The standard InChI is InChI=1S/C24H34N4O/c1-18-16-24(14-15-27(18)17-19-8-4-2-5-9-19)22(25-20-10-6-3-7-11-20)26-23(29)28(24)21-12-13-21/h2,4-5,8-9,18,20-21H,3,6-7,10-17H2,1H3,(H,25,26,29). The number of nitrogens with one attached hydrogen (secondary N) is 1. The summed E-state index contributed by atoms with van der Waals surface area (Å²) in [5.41, 5.74) is 1.16. The number of hydrogen-bond donors (Lipinski definition) is 1. The van der Waals surface area contributed by atoms with Crippen LogP contribution in [0.3, 0.4) is 0 Å². The molecule has 2 atom stereocenters. The van der Waals surface area contributed by atoms with E-state index in [0.717, 1.165) is 44.6 Å². The van der Waals surface area contributed by atoms with Gasteiger partial charge in [-0.1, -0.05) is 49.6 Å². The van der Waals surface area contributed by atoms with E-state index >= 15 is 0 Å². The molecule has 2 amide bonds. The lowest BCUT2D eigenvalue weighted by molar-refractivity contribution is 0.0594. The highest BCUT2D eigenvalue weighted by Crippen LogP contribution is 2.44. The molecule has 1 spiro atoms. The number of carbonyl (C=O) groups excluding carboxylic acids is 1. The van der Waals surface area contributed by atoms with Gasteiger partial charge in [0.05, 0.1) is 6.04 Å². The van der Waals surface area contributed by atoms with E-state index in [9.17, 15) is 4.79 Å². The number of amidine groups is 1. The van der Waals surface area contributed by atoms with Crippen molar-refractivity contribution < 1.29 is 4.79 Å². The number of hydrogen-bond acceptors (Lipinski definition) is 3. The predicted molar refractivity (Wildman–Crippen MR) is 116 cm³/mol. The lowest BCUT2D eigenvalue weighted by atomic mass is 9.81. The van der Waals surface area contributed by atoms with E-state index in [0.29, 0.717) is 18.1 Å². The lowest BCUT2D eigenvalue weighted by Crippen LogP contribution is -2.59. The molecule has 0 aromatic heterocycles. The Hall–Kier alpha value is -1.88. The molecule has 5 rings (SSSR count). The maximum absolute atomic E-state index is 13.0. The van der Waals surface area contributed by atoms with E-state index in [1.54, 1.807) is 0 Å². The van der Waals surface area contributed by atoms with Crippen LogP contribution < -0.4 is 5.32 Å². The minimum Gasteiger partial charge on any atom is -0.309 e. The van der Waals surface area contributed by atoms with Crippen LogP contribution in [-0.4, -0.2) is 51.9 Å². The fraction of sp³-hybridized carbons (Fsp3) is 0.667. The van der Waals surface area contributed by atoms with Gasteiger partial charge in [-0.15, -0.1) is 0 Å². The summed E-state index contributed by atoms with van der Waals surface area (Å²) in [4.78, 5) is 22.9. The second-order valence-corrected chi connectivity index (χ2v) is 9.59. The van der Waals surface area contributed by atoms with Crippen molar-refractivity contribution in [3.8, 4) is 0 Å². The number of amides is 2. The molecule has 5 heteroatoms. The van der Waals surface area contributed by atoms with E-state index in [-0.39, 0.29) is 11.6 Å². The summed E-state index contributed by atoms with van der Waals surface area (Å²) in [7, 11) is 0. The maximum Gasteiger partial charge on any atom is 0.323 e. The van der Waals surface area contributed by atoms with E-state index < -0.39 is 0 Å². The fourth-order valence-corrected chi connectivity index (χ4v) is 5.74. The van der Waals surface area contributed by atoms with Crippen LogP contribution in [0.4, 0.5) is 4.79 Å². The first-order valence-corrected chi connectivity index (χ1v) is 11.6. The van der Waals surface area contributed by atoms with Crippen molar-refractivity contribution in [3.63, 3.8) is 0 Å². The molecule has 2 saturated carbocycles. The number of nitrogens with zero attached hydrogens (tertiary/aromatic N) is 3. The average molecular weight is 395 g/mol. The van der Waals surface area contributed by atoms with Crippen LogP contribution in [0.1, 0.15) is 70.3 Å². The molecule has 0 radical (unpaired) electrons. The molecule has 156 valence electrons. The minimum atomic E-state index is -0.206. The van der Waals surface area contributed by atoms with Gasteiger partial charge in [0.25, 0.3) is 0 Å². The predicted octanol–water partition coefficient (Wildman–Crippen LogP) is 4.33. The molecule has 2 unspecified atom stereocenters. The number of benzene rings is 1. The lowest BCUT2D eigenvalue weighted by Gasteiger charge is -2.47. The fourth-order valence-electron chi connectivity index (χ4n) is 5.74. The molecule has 4 aliphatic rings. The van der Waals surface area contributed by atoms with Gasteiger partial charge in [0.1, 0.15) is 11.4 Å². The van der Waals surface area contributed by atoms with Gasteiger partial charge in [0, 0.05) is 25.2 Å². The Morgan fingerprint density at radius 1 is 1.10 bits per heavy atom. The minimum absolute atomic E-state index is 0.103. The Labute approximate surface area is 174 Å².